The van der Waals surface area contributed by atoms with Crippen molar-refractivity contribution in [3.63, 3.8) is 0 Å². The number of hydrogen-bond acceptors (Lipinski definition) is 5. The Morgan fingerprint density at radius 2 is 1.65 bits per heavy atom. The van der Waals surface area contributed by atoms with E-state index in [-0.39, 0.29) is 5.69 Å². The van der Waals surface area contributed by atoms with E-state index in [9.17, 15) is 10.1 Å². The second-order valence-electron chi connectivity index (χ2n) is 5.45. The summed E-state index contributed by atoms with van der Waals surface area (Å²) in [5, 5.41) is 10.7. The zero-order chi connectivity index (χ0) is 18.5. The zero-order valence-corrected chi connectivity index (χ0v) is 14.3. The minimum absolute atomic E-state index is 0.0499. The van der Waals surface area contributed by atoms with Gasteiger partial charge in [-0.15, -0.1) is 0 Å². The smallest absolute Gasteiger partial charge is 0.269 e. The van der Waals surface area contributed by atoms with Crippen LogP contribution in [0, 0.1) is 10.1 Å². The van der Waals surface area contributed by atoms with Crippen LogP contribution >= 0.6 is 0 Å². The summed E-state index contributed by atoms with van der Waals surface area (Å²) < 4.78 is 16.3. The maximum Gasteiger partial charge on any atom is 0.269 e. The van der Waals surface area contributed by atoms with E-state index < -0.39 is 4.92 Å². The monoisotopic (exact) mass is 351 g/mol. The van der Waals surface area contributed by atoms with Crippen molar-refractivity contribution in [1.29, 1.82) is 0 Å². The van der Waals surface area contributed by atoms with Gasteiger partial charge in [0.2, 0.25) is 0 Å². The molecule has 1 heterocycles. The molecule has 1 aromatic heterocycles. The first-order valence-electron chi connectivity index (χ1n) is 7.85. The quantitative estimate of drug-likeness (QED) is 0.459. The van der Waals surface area contributed by atoms with Gasteiger partial charge in [0.15, 0.2) is 11.5 Å². The standard InChI is InChI=1S/C20H17NO5/c1-24-19-11-4-14(13-20(19)25-2)3-9-17-10-12-18(26-17)15-5-7-16(8-6-15)21(22)23/h3-13H,1-2H3/b9-3+. The van der Waals surface area contributed by atoms with Crippen LogP contribution in [-0.2, 0) is 0 Å². The SMILES string of the molecule is COc1ccc(/C=C/c2ccc(-c3ccc([N+](=O)[O-])cc3)o2)cc1OC. The van der Waals surface area contributed by atoms with Gasteiger partial charge in [0.05, 0.1) is 19.1 Å². The highest BCUT2D eigenvalue weighted by Crippen LogP contribution is 2.29. The Balaban J connectivity index is 1.77. The summed E-state index contributed by atoms with van der Waals surface area (Å²) in [7, 11) is 3.18. The second kappa shape index (κ2) is 7.57. The summed E-state index contributed by atoms with van der Waals surface area (Å²) in [5.74, 6) is 2.64. The lowest BCUT2D eigenvalue weighted by Gasteiger charge is -2.07. The normalized spacial score (nSPS) is 10.8. The molecule has 132 valence electrons. The number of furan rings is 1. The molecule has 0 saturated heterocycles. The van der Waals surface area contributed by atoms with E-state index in [1.807, 2.05) is 42.5 Å². The summed E-state index contributed by atoms with van der Waals surface area (Å²) in [6, 6.07) is 15.5. The molecule has 0 fully saturated rings. The van der Waals surface area contributed by atoms with Gasteiger partial charge in [-0.05, 0) is 48.0 Å². The van der Waals surface area contributed by atoms with E-state index in [0.717, 1.165) is 11.1 Å². The first-order chi connectivity index (χ1) is 12.6. The van der Waals surface area contributed by atoms with E-state index in [4.69, 9.17) is 13.9 Å². The molecule has 0 aliphatic carbocycles. The number of nitrogens with zero attached hydrogens (tertiary/aromatic N) is 1. The molecule has 0 spiro atoms. The lowest BCUT2D eigenvalue weighted by Crippen LogP contribution is -1.90. The van der Waals surface area contributed by atoms with Gasteiger partial charge in [0.25, 0.3) is 5.69 Å². The number of rotatable bonds is 6. The number of non-ortho nitro benzene ring substituents is 1. The fraction of sp³-hybridized carbons (Fsp3) is 0.100. The van der Waals surface area contributed by atoms with Gasteiger partial charge in [0.1, 0.15) is 11.5 Å². The molecular formula is C20H17NO5. The van der Waals surface area contributed by atoms with E-state index in [0.29, 0.717) is 23.0 Å². The van der Waals surface area contributed by atoms with Crippen molar-refractivity contribution in [2.75, 3.05) is 14.2 Å². The van der Waals surface area contributed by atoms with Gasteiger partial charge in [-0.2, -0.15) is 0 Å². The Bertz CT molecular complexity index is 941. The highest BCUT2D eigenvalue weighted by atomic mass is 16.6. The summed E-state index contributed by atoms with van der Waals surface area (Å²) in [4.78, 5) is 10.3. The third-order valence-electron chi connectivity index (χ3n) is 3.84. The molecular weight excluding hydrogens is 334 g/mol. The van der Waals surface area contributed by atoms with E-state index in [1.165, 1.54) is 12.1 Å². The molecule has 3 rings (SSSR count). The average molecular weight is 351 g/mol. The molecule has 0 N–H and O–H groups in total. The van der Waals surface area contributed by atoms with Crippen LogP contribution in [0.15, 0.2) is 59.0 Å². The van der Waals surface area contributed by atoms with Crippen molar-refractivity contribution in [3.05, 3.63) is 76.0 Å². The van der Waals surface area contributed by atoms with Gasteiger partial charge >= 0.3 is 0 Å². The molecule has 0 aliphatic rings. The average Bonchev–Trinajstić information content (AvgIpc) is 3.15. The summed E-state index contributed by atoms with van der Waals surface area (Å²) in [5.41, 5.74) is 1.77. The van der Waals surface area contributed by atoms with E-state index >= 15 is 0 Å². The highest BCUT2D eigenvalue weighted by molar-refractivity contribution is 5.70. The third-order valence-corrected chi connectivity index (χ3v) is 3.84. The largest absolute Gasteiger partial charge is 0.493 e. The Hall–Kier alpha value is -3.54. The maximum atomic E-state index is 10.7. The van der Waals surface area contributed by atoms with Crippen LogP contribution in [-0.4, -0.2) is 19.1 Å². The van der Waals surface area contributed by atoms with Crippen LogP contribution in [0.25, 0.3) is 23.5 Å². The number of ether oxygens (including phenoxy) is 2. The Kier molecular flexibility index (Phi) is 5.03. The van der Waals surface area contributed by atoms with Gasteiger partial charge in [0, 0.05) is 17.7 Å². The number of nitro benzene ring substituents is 1. The van der Waals surface area contributed by atoms with Crippen molar-refractivity contribution >= 4 is 17.8 Å². The van der Waals surface area contributed by atoms with Crippen LogP contribution in [0.2, 0.25) is 0 Å². The minimum atomic E-state index is -0.427. The Labute approximate surface area is 150 Å². The molecule has 0 unspecified atom stereocenters. The highest BCUT2D eigenvalue weighted by Gasteiger charge is 2.08. The number of nitro groups is 1. The third kappa shape index (κ3) is 3.75. The van der Waals surface area contributed by atoms with E-state index in [1.54, 1.807) is 26.4 Å². The van der Waals surface area contributed by atoms with E-state index in [2.05, 4.69) is 0 Å². The fourth-order valence-electron chi connectivity index (χ4n) is 2.48. The van der Waals surface area contributed by atoms with Crippen molar-refractivity contribution in [2.24, 2.45) is 0 Å². The molecule has 3 aromatic rings. The molecule has 0 aliphatic heterocycles. The molecule has 26 heavy (non-hydrogen) atoms. The zero-order valence-electron chi connectivity index (χ0n) is 14.3. The molecule has 0 saturated carbocycles. The van der Waals surface area contributed by atoms with Crippen molar-refractivity contribution in [2.45, 2.75) is 0 Å². The summed E-state index contributed by atoms with van der Waals surface area (Å²) in [6.45, 7) is 0. The van der Waals surface area contributed by atoms with Crippen molar-refractivity contribution in [3.8, 4) is 22.8 Å². The fourth-order valence-corrected chi connectivity index (χ4v) is 2.48. The van der Waals surface area contributed by atoms with Crippen LogP contribution in [0.4, 0.5) is 5.69 Å². The topological polar surface area (TPSA) is 74.7 Å². The number of benzene rings is 2. The Morgan fingerprint density at radius 1 is 0.923 bits per heavy atom. The van der Waals surface area contributed by atoms with Gasteiger partial charge in [-0.3, -0.25) is 10.1 Å². The molecule has 2 aromatic carbocycles. The lowest BCUT2D eigenvalue weighted by atomic mass is 10.1. The predicted octanol–water partition coefficient (Wildman–Crippen LogP) is 5.04. The second-order valence-corrected chi connectivity index (χ2v) is 5.45. The molecule has 0 amide bonds. The lowest BCUT2D eigenvalue weighted by molar-refractivity contribution is -0.384. The maximum absolute atomic E-state index is 10.7. The molecule has 0 radical (unpaired) electrons. The van der Waals surface area contributed by atoms with Gasteiger partial charge in [-0.25, -0.2) is 0 Å². The number of hydrogen-bond donors (Lipinski definition) is 0. The number of methoxy groups -OCH3 is 2. The van der Waals surface area contributed by atoms with Crippen molar-refractivity contribution < 1.29 is 18.8 Å². The molecule has 0 bridgehead atoms. The molecule has 6 heteroatoms. The first kappa shape index (κ1) is 17.3. The van der Waals surface area contributed by atoms with Crippen LogP contribution in [0.3, 0.4) is 0 Å². The summed E-state index contributed by atoms with van der Waals surface area (Å²) >= 11 is 0. The van der Waals surface area contributed by atoms with Gasteiger partial charge < -0.3 is 13.9 Å². The van der Waals surface area contributed by atoms with Crippen molar-refractivity contribution in [1.82, 2.24) is 0 Å². The molecule has 0 atom stereocenters. The first-order valence-corrected chi connectivity index (χ1v) is 7.85. The Morgan fingerprint density at radius 3 is 2.31 bits per heavy atom. The summed E-state index contributed by atoms with van der Waals surface area (Å²) in [6.07, 6.45) is 3.75. The predicted molar refractivity (Wildman–Crippen MR) is 99.3 cm³/mol. The minimum Gasteiger partial charge on any atom is -0.493 e. The molecule has 6 nitrogen and oxygen atoms in total. The van der Waals surface area contributed by atoms with Crippen LogP contribution in [0.5, 0.6) is 11.5 Å². The van der Waals surface area contributed by atoms with Gasteiger partial charge in [-0.1, -0.05) is 12.1 Å². The van der Waals surface area contributed by atoms with Crippen LogP contribution < -0.4 is 9.47 Å². The van der Waals surface area contributed by atoms with Crippen LogP contribution in [0.1, 0.15) is 11.3 Å².